The summed E-state index contributed by atoms with van der Waals surface area (Å²) < 4.78 is 0. The Morgan fingerprint density at radius 3 is 1.00 bits per heavy atom. The van der Waals surface area contributed by atoms with E-state index in [0.29, 0.717) is 0 Å². The molecule has 0 spiro atoms. The van der Waals surface area contributed by atoms with Crippen LogP contribution in [0.3, 0.4) is 0 Å². The first kappa shape index (κ1) is 10.2. The van der Waals surface area contributed by atoms with Crippen LogP contribution < -0.4 is 0 Å². The smallest absolute Gasteiger partial charge is 0 e. The van der Waals surface area contributed by atoms with E-state index in [1.165, 1.54) is 0 Å². The zero-order valence-corrected chi connectivity index (χ0v) is 6.71. The van der Waals surface area contributed by atoms with Crippen LogP contribution in [0.1, 0.15) is 0 Å². The van der Waals surface area contributed by atoms with Crippen LogP contribution in [0, 0.1) is 0 Å². The van der Waals surface area contributed by atoms with Gasteiger partial charge in [0.2, 0.25) is 0 Å². The van der Waals surface area contributed by atoms with Crippen molar-refractivity contribution in [1.82, 2.24) is 0 Å². The summed E-state index contributed by atoms with van der Waals surface area (Å²) in [6.45, 7) is 0. The third-order valence-corrected chi connectivity index (χ3v) is 0. The molecule has 0 amide bonds. The molecule has 0 aromatic carbocycles. The van der Waals surface area contributed by atoms with Crippen molar-refractivity contribution in [3.05, 3.63) is 0 Å². The van der Waals surface area contributed by atoms with E-state index >= 15 is 0 Å². The van der Waals surface area contributed by atoms with E-state index in [4.69, 9.17) is 27.9 Å². The fourth-order valence-corrected chi connectivity index (χ4v) is 0. The first-order valence-corrected chi connectivity index (χ1v) is 7.01. The molecule has 0 heterocycles. The van der Waals surface area contributed by atoms with E-state index in [-0.39, 0.29) is 17.1 Å². The summed E-state index contributed by atoms with van der Waals surface area (Å²) in [5.74, 6) is 0. The van der Waals surface area contributed by atoms with Gasteiger partial charge in [-0.25, -0.2) is 0 Å². The molecular formula is Cl3CuTi. The quantitative estimate of drug-likeness (QED) is 0.545. The Morgan fingerprint density at radius 1 is 1.00 bits per heavy atom. The van der Waals surface area contributed by atoms with Gasteiger partial charge in [0.15, 0.2) is 0 Å². The summed E-state index contributed by atoms with van der Waals surface area (Å²) in [4.78, 5) is 0. The first-order valence-electron chi connectivity index (χ1n) is 0.567. The zero-order valence-electron chi connectivity index (χ0n) is 1.94. The molecule has 0 N–H and O–H groups in total. The van der Waals surface area contributed by atoms with Gasteiger partial charge in [-0.15, -0.1) is 0 Å². The van der Waals surface area contributed by atoms with Gasteiger partial charge in [0.25, 0.3) is 0 Å². The molecule has 1 radical (unpaired) electrons. The minimum absolute atomic E-state index is 0. The molecule has 0 nitrogen and oxygen atoms in total. The van der Waals surface area contributed by atoms with Crippen molar-refractivity contribution < 1.29 is 31.8 Å². The topological polar surface area (TPSA) is 0 Å². The third-order valence-electron chi connectivity index (χ3n) is 0. The molecule has 0 atom stereocenters. The average Bonchev–Trinajstić information content (AvgIpc) is 0.811. The SMILES string of the molecule is [Cl][Ti]([Cl])[Cl].[Cu]. The zero-order chi connectivity index (χ0) is 3.58. The Balaban J connectivity index is 0. The van der Waals surface area contributed by atoms with E-state index in [9.17, 15) is 0 Å². The largest absolute Gasteiger partial charge is 0 e. The molecule has 5 heavy (non-hydrogen) atoms. The summed E-state index contributed by atoms with van der Waals surface area (Å²) >= 11 is -1.92. The van der Waals surface area contributed by atoms with Crippen molar-refractivity contribution in [2.24, 2.45) is 0 Å². The molecule has 0 aliphatic rings. The van der Waals surface area contributed by atoms with Crippen LogP contribution in [0.4, 0.5) is 0 Å². The van der Waals surface area contributed by atoms with Crippen LogP contribution >= 0.6 is 27.9 Å². The molecule has 0 fully saturated rings. The Bertz CT molecular complexity index is 11.6. The second-order valence-corrected chi connectivity index (χ2v) is 7.95. The molecule has 0 aromatic heterocycles. The van der Waals surface area contributed by atoms with Gasteiger partial charge in [-0.1, -0.05) is 0 Å². The molecular weight excluding hydrogens is 218 g/mol. The summed E-state index contributed by atoms with van der Waals surface area (Å²) in [5, 5.41) is 0. The van der Waals surface area contributed by atoms with E-state index in [1.807, 2.05) is 0 Å². The van der Waals surface area contributed by atoms with Crippen LogP contribution in [0.15, 0.2) is 0 Å². The molecule has 5 heteroatoms. The van der Waals surface area contributed by atoms with Gasteiger partial charge in [0, 0.05) is 17.1 Å². The normalized spacial score (nSPS) is 5.40. The fraction of sp³-hybridized carbons (Fsp3) is 0. The molecule has 0 aromatic rings. The second kappa shape index (κ2) is 6.10. The third kappa shape index (κ3) is 23.2. The number of hydrogen-bond donors (Lipinski definition) is 0. The van der Waals surface area contributed by atoms with Gasteiger partial charge in [-0.05, 0) is 0 Å². The molecule has 0 rings (SSSR count). The van der Waals surface area contributed by atoms with E-state index in [0.717, 1.165) is 0 Å². The molecule has 0 unspecified atom stereocenters. The molecule has 0 aliphatic heterocycles. The van der Waals surface area contributed by atoms with Crippen LogP contribution in [0.2, 0.25) is 0 Å². The van der Waals surface area contributed by atoms with Crippen molar-refractivity contribution in [1.29, 1.82) is 0 Å². The molecule has 0 aliphatic carbocycles. The average molecular weight is 218 g/mol. The van der Waals surface area contributed by atoms with Gasteiger partial charge in [-0.2, -0.15) is 0 Å². The minimum Gasteiger partial charge on any atom is 0 e. The Hall–Kier alpha value is 2.10. The van der Waals surface area contributed by atoms with Crippen LogP contribution in [0.25, 0.3) is 0 Å². The number of hydrogen-bond acceptors (Lipinski definition) is 0. The van der Waals surface area contributed by atoms with Gasteiger partial charge < -0.3 is 0 Å². The van der Waals surface area contributed by atoms with Crippen LogP contribution in [0.5, 0.6) is 0 Å². The number of halogens is 3. The number of rotatable bonds is 0. The van der Waals surface area contributed by atoms with Crippen molar-refractivity contribution in [3.63, 3.8) is 0 Å². The Kier molecular flexibility index (Phi) is 12.4. The predicted molar refractivity (Wildman–Crippen MR) is 17.6 cm³/mol. The van der Waals surface area contributed by atoms with Crippen LogP contribution in [-0.4, -0.2) is 0 Å². The van der Waals surface area contributed by atoms with E-state index in [1.54, 1.807) is 0 Å². The molecule has 0 saturated heterocycles. The van der Waals surface area contributed by atoms with E-state index in [2.05, 4.69) is 0 Å². The summed E-state index contributed by atoms with van der Waals surface area (Å²) in [5.41, 5.74) is 0. The summed E-state index contributed by atoms with van der Waals surface area (Å²) in [7, 11) is 14.9. The van der Waals surface area contributed by atoms with Crippen molar-refractivity contribution >= 4 is 27.9 Å². The van der Waals surface area contributed by atoms with E-state index < -0.39 is 14.7 Å². The van der Waals surface area contributed by atoms with Gasteiger partial charge >= 0.3 is 42.6 Å². The van der Waals surface area contributed by atoms with Crippen molar-refractivity contribution in [2.45, 2.75) is 0 Å². The summed E-state index contributed by atoms with van der Waals surface area (Å²) in [6, 6.07) is 0. The Labute approximate surface area is 59.1 Å². The van der Waals surface area contributed by atoms with Gasteiger partial charge in [0.05, 0.1) is 0 Å². The predicted octanol–water partition coefficient (Wildman–Crippen LogP) is 2.06. The fourth-order valence-electron chi connectivity index (χ4n) is 0. The molecule has 0 bridgehead atoms. The van der Waals surface area contributed by atoms with Gasteiger partial charge in [-0.3, -0.25) is 0 Å². The molecule has 36 valence electrons. The molecule has 0 saturated carbocycles. The summed E-state index contributed by atoms with van der Waals surface area (Å²) in [6.07, 6.45) is 0. The van der Waals surface area contributed by atoms with Crippen molar-refractivity contribution in [2.75, 3.05) is 0 Å². The maximum absolute atomic E-state index is 4.97. The second-order valence-electron chi connectivity index (χ2n) is 0.214. The maximum atomic E-state index is 4.97. The van der Waals surface area contributed by atoms with Crippen molar-refractivity contribution in [3.8, 4) is 0 Å². The maximum Gasteiger partial charge on any atom is 0 e. The standard InChI is InChI=1S/3ClH.Cu.Ti/h3*1H;;/q;;;;+3/p-3. The van der Waals surface area contributed by atoms with Gasteiger partial charge in [0.1, 0.15) is 0 Å². The monoisotopic (exact) mass is 216 g/mol. The first-order chi connectivity index (χ1) is 1.73. The minimum atomic E-state index is -1.92. The Morgan fingerprint density at radius 2 is 1.00 bits per heavy atom. The van der Waals surface area contributed by atoms with Crippen LogP contribution in [-0.2, 0) is 31.8 Å².